The number of rotatable bonds is 4. The van der Waals surface area contributed by atoms with E-state index in [9.17, 15) is 14.7 Å². The smallest absolute Gasteiger partial charge is 0.335 e. The van der Waals surface area contributed by atoms with Gasteiger partial charge in [0, 0.05) is 28.1 Å². The van der Waals surface area contributed by atoms with Crippen molar-refractivity contribution < 1.29 is 14.7 Å². The first kappa shape index (κ1) is 23.4. The number of carboxylic acids is 1. The highest BCUT2D eigenvalue weighted by molar-refractivity contribution is 6.34. The molecule has 0 aromatic heterocycles. The molecule has 0 unspecified atom stereocenters. The Kier molecular flexibility index (Phi) is 6.26. The largest absolute Gasteiger partial charge is 0.478 e. The number of hydrogen-bond donors (Lipinski definition) is 1. The summed E-state index contributed by atoms with van der Waals surface area (Å²) in [6.07, 6.45) is 0.729. The zero-order valence-corrected chi connectivity index (χ0v) is 20.6. The average molecular weight is 504 g/mol. The highest BCUT2D eigenvalue weighted by atomic mass is 35.5. The third kappa shape index (κ3) is 4.77. The van der Waals surface area contributed by atoms with Gasteiger partial charge in [-0.1, -0.05) is 59.1 Å². The van der Waals surface area contributed by atoms with Gasteiger partial charge in [0.05, 0.1) is 11.6 Å². The molecule has 0 radical (unpaired) electrons. The van der Waals surface area contributed by atoms with Gasteiger partial charge in [0.15, 0.2) is 0 Å². The summed E-state index contributed by atoms with van der Waals surface area (Å²) >= 11 is 12.6. The van der Waals surface area contributed by atoms with Gasteiger partial charge in [-0.3, -0.25) is 4.79 Å². The third-order valence-electron chi connectivity index (χ3n) is 6.70. The van der Waals surface area contributed by atoms with Crippen LogP contribution in [0.25, 0.3) is 10.8 Å². The Morgan fingerprint density at radius 3 is 2.11 bits per heavy atom. The summed E-state index contributed by atoms with van der Waals surface area (Å²) in [6.45, 7) is 2.58. The number of amides is 1. The van der Waals surface area contributed by atoms with E-state index >= 15 is 0 Å². The molecule has 4 aromatic rings. The lowest BCUT2D eigenvalue weighted by molar-refractivity contribution is 0.0692. The SMILES string of the molecule is Cc1ccc2cc([C@H]3C[C@@H](c4cc(Cl)cc(Cl)c4)CN3C(=O)c3ccc(C(=O)O)cc3)ccc2c1. The molecule has 6 heteroatoms. The van der Waals surface area contributed by atoms with Crippen molar-refractivity contribution in [3.05, 3.63) is 117 Å². The number of aryl methyl sites for hydroxylation is 1. The number of benzene rings is 4. The number of nitrogens with zero attached hydrogens (tertiary/aromatic N) is 1. The molecule has 176 valence electrons. The summed E-state index contributed by atoms with van der Waals surface area (Å²) in [6, 6.07) is 24.2. The normalized spacial score (nSPS) is 17.6. The number of fused-ring (bicyclic) bond motifs is 1. The Balaban J connectivity index is 1.54. The fourth-order valence-electron chi connectivity index (χ4n) is 4.94. The predicted octanol–water partition coefficient (Wildman–Crippen LogP) is 7.52. The van der Waals surface area contributed by atoms with Gasteiger partial charge in [-0.2, -0.15) is 0 Å². The molecule has 1 heterocycles. The number of carbonyl (C=O) groups is 2. The molecule has 1 N–H and O–H groups in total. The van der Waals surface area contributed by atoms with Crippen LogP contribution in [0.4, 0.5) is 0 Å². The average Bonchev–Trinajstić information content (AvgIpc) is 3.28. The molecule has 0 saturated carbocycles. The molecule has 1 aliphatic heterocycles. The third-order valence-corrected chi connectivity index (χ3v) is 7.14. The lowest BCUT2D eigenvalue weighted by atomic mass is 9.93. The van der Waals surface area contributed by atoms with Crippen LogP contribution in [0.3, 0.4) is 0 Å². The topological polar surface area (TPSA) is 57.6 Å². The zero-order chi connectivity index (χ0) is 24.7. The highest BCUT2D eigenvalue weighted by Crippen LogP contribution is 2.43. The van der Waals surface area contributed by atoms with Crippen LogP contribution < -0.4 is 0 Å². The molecule has 35 heavy (non-hydrogen) atoms. The van der Waals surface area contributed by atoms with Crippen molar-refractivity contribution in [2.75, 3.05) is 6.54 Å². The Morgan fingerprint density at radius 2 is 1.43 bits per heavy atom. The molecular weight excluding hydrogens is 481 g/mol. The minimum atomic E-state index is -1.02. The maximum absolute atomic E-state index is 13.7. The Labute approximate surface area is 213 Å². The molecule has 4 nitrogen and oxygen atoms in total. The van der Waals surface area contributed by atoms with E-state index < -0.39 is 5.97 Å². The first-order chi connectivity index (χ1) is 16.8. The lowest BCUT2D eigenvalue weighted by Crippen LogP contribution is -2.31. The van der Waals surface area contributed by atoms with Crippen molar-refractivity contribution in [1.82, 2.24) is 4.90 Å². The van der Waals surface area contributed by atoms with Crippen LogP contribution in [0.15, 0.2) is 78.9 Å². The van der Waals surface area contributed by atoms with Crippen molar-refractivity contribution in [3.8, 4) is 0 Å². The molecule has 2 atom stereocenters. The van der Waals surface area contributed by atoms with Crippen LogP contribution in [-0.4, -0.2) is 28.4 Å². The van der Waals surface area contributed by atoms with Gasteiger partial charge in [0.2, 0.25) is 0 Å². The Morgan fingerprint density at radius 1 is 0.800 bits per heavy atom. The number of halogens is 2. The van der Waals surface area contributed by atoms with Crippen LogP contribution in [0.1, 0.15) is 55.8 Å². The van der Waals surface area contributed by atoms with Gasteiger partial charge in [0.25, 0.3) is 5.91 Å². The number of hydrogen-bond acceptors (Lipinski definition) is 2. The van der Waals surface area contributed by atoms with Crippen molar-refractivity contribution in [2.24, 2.45) is 0 Å². The number of carboxylic acid groups (broad SMARTS) is 1. The van der Waals surface area contributed by atoms with E-state index in [0.29, 0.717) is 22.2 Å². The lowest BCUT2D eigenvalue weighted by Gasteiger charge is -2.25. The standard InChI is InChI=1S/C29H23Cl2NO3/c1-17-2-3-21-11-22(9-8-20(21)10-17)27-14-24(23-12-25(30)15-26(31)13-23)16-32(27)28(33)18-4-6-19(7-5-18)29(34)35/h2-13,15,24,27H,14,16H2,1H3,(H,34,35)/t24-,27-/m1/s1. The van der Waals surface area contributed by atoms with Crippen LogP contribution in [0.5, 0.6) is 0 Å². The maximum atomic E-state index is 13.7. The Hall–Kier alpha value is -3.34. The van der Waals surface area contributed by atoms with E-state index in [2.05, 4.69) is 43.3 Å². The summed E-state index contributed by atoms with van der Waals surface area (Å²) in [5.74, 6) is -1.09. The van der Waals surface area contributed by atoms with E-state index in [0.717, 1.165) is 28.3 Å². The van der Waals surface area contributed by atoms with Gasteiger partial charge in [-0.25, -0.2) is 4.79 Å². The molecule has 1 aliphatic rings. The second-order valence-electron chi connectivity index (χ2n) is 9.10. The monoisotopic (exact) mass is 503 g/mol. The molecule has 4 aromatic carbocycles. The predicted molar refractivity (Wildman–Crippen MR) is 140 cm³/mol. The van der Waals surface area contributed by atoms with Gasteiger partial charge in [0.1, 0.15) is 0 Å². The summed E-state index contributed by atoms with van der Waals surface area (Å²) in [7, 11) is 0. The minimum Gasteiger partial charge on any atom is -0.478 e. The molecule has 1 saturated heterocycles. The quantitative estimate of drug-likeness (QED) is 0.313. The summed E-state index contributed by atoms with van der Waals surface area (Å²) in [5.41, 5.74) is 3.87. The molecule has 5 rings (SSSR count). The van der Waals surface area contributed by atoms with Gasteiger partial charge in [-0.15, -0.1) is 0 Å². The first-order valence-electron chi connectivity index (χ1n) is 11.4. The zero-order valence-electron chi connectivity index (χ0n) is 19.0. The van der Waals surface area contributed by atoms with Gasteiger partial charge >= 0.3 is 5.97 Å². The molecular formula is C29H23Cl2NO3. The van der Waals surface area contributed by atoms with Crippen LogP contribution >= 0.6 is 23.2 Å². The van der Waals surface area contributed by atoms with Crippen molar-refractivity contribution >= 4 is 45.9 Å². The first-order valence-corrected chi connectivity index (χ1v) is 12.1. The van der Waals surface area contributed by atoms with E-state index in [1.54, 1.807) is 18.2 Å². The molecule has 0 spiro atoms. The van der Waals surface area contributed by atoms with E-state index in [1.165, 1.54) is 17.7 Å². The van der Waals surface area contributed by atoms with Crippen molar-refractivity contribution in [3.63, 3.8) is 0 Å². The van der Waals surface area contributed by atoms with E-state index in [4.69, 9.17) is 23.2 Å². The van der Waals surface area contributed by atoms with Crippen LogP contribution in [-0.2, 0) is 0 Å². The number of carbonyl (C=O) groups excluding carboxylic acids is 1. The fraction of sp³-hybridized carbons (Fsp3) is 0.172. The number of likely N-dealkylation sites (tertiary alicyclic amines) is 1. The highest BCUT2D eigenvalue weighted by Gasteiger charge is 2.37. The summed E-state index contributed by atoms with van der Waals surface area (Å²) < 4.78 is 0. The van der Waals surface area contributed by atoms with Gasteiger partial charge in [-0.05, 0) is 83.8 Å². The minimum absolute atomic E-state index is 0.0622. The van der Waals surface area contributed by atoms with E-state index in [1.807, 2.05) is 17.0 Å². The van der Waals surface area contributed by atoms with Crippen LogP contribution in [0, 0.1) is 6.92 Å². The molecule has 0 bridgehead atoms. The summed E-state index contributed by atoms with van der Waals surface area (Å²) in [4.78, 5) is 26.8. The molecule has 1 amide bonds. The Bertz CT molecular complexity index is 1430. The van der Waals surface area contributed by atoms with Gasteiger partial charge < -0.3 is 10.0 Å². The van der Waals surface area contributed by atoms with Crippen molar-refractivity contribution in [1.29, 1.82) is 0 Å². The second-order valence-corrected chi connectivity index (χ2v) is 9.97. The molecule has 1 fully saturated rings. The van der Waals surface area contributed by atoms with E-state index in [-0.39, 0.29) is 23.4 Å². The summed E-state index contributed by atoms with van der Waals surface area (Å²) in [5, 5.41) is 12.6. The molecule has 0 aliphatic carbocycles. The fourth-order valence-corrected chi connectivity index (χ4v) is 5.48. The van der Waals surface area contributed by atoms with Crippen LogP contribution in [0.2, 0.25) is 10.0 Å². The second kappa shape index (κ2) is 9.37. The maximum Gasteiger partial charge on any atom is 0.335 e. The van der Waals surface area contributed by atoms with Crippen molar-refractivity contribution in [2.45, 2.75) is 25.3 Å². The number of aromatic carboxylic acids is 1.